The molecule has 0 unspecified atom stereocenters. The molecule has 0 rings (SSSR count). The minimum absolute atomic E-state index is 0.700. The van der Waals surface area contributed by atoms with Crippen molar-refractivity contribution in [1.82, 2.24) is 5.32 Å². The van der Waals surface area contributed by atoms with Gasteiger partial charge in [0.2, 0.25) is 0 Å². The van der Waals surface area contributed by atoms with Crippen LogP contribution in [0.15, 0.2) is 0 Å². The maximum atomic E-state index is 11.2. The molecule has 92 valence electrons. The van der Waals surface area contributed by atoms with E-state index in [2.05, 4.69) is 0 Å². The van der Waals surface area contributed by atoms with Gasteiger partial charge in [0.25, 0.3) is 0 Å². The molecule has 0 saturated heterocycles. The van der Waals surface area contributed by atoms with Gasteiger partial charge in [0, 0.05) is 0 Å². The van der Waals surface area contributed by atoms with Gasteiger partial charge in [0.1, 0.15) is 11.6 Å². The third-order valence-electron chi connectivity index (χ3n) is 1.37. The van der Waals surface area contributed by atoms with Gasteiger partial charge in [-0.05, 0) is 20.8 Å². The predicted molar refractivity (Wildman–Crippen MR) is 53.0 cm³/mol. The van der Waals surface area contributed by atoms with Crippen molar-refractivity contribution in [2.75, 3.05) is 0 Å². The van der Waals surface area contributed by atoms with Crippen molar-refractivity contribution in [3.8, 4) is 0 Å². The number of hydrogen-bond acceptors (Lipinski definition) is 4. The molecule has 16 heavy (non-hydrogen) atoms. The summed E-state index contributed by atoms with van der Waals surface area (Å²) in [7, 11) is 0. The highest BCUT2D eigenvalue weighted by molar-refractivity contribution is 5.84. The first-order chi connectivity index (χ1) is 7.11. The van der Waals surface area contributed by atoms with Crippen LogP contribution in [-0.2, 0) is 14.3 Å². The van der Waals surface area contributed by atoms with Crippen LogP contribution in [0.1, 0.15) is 27.2 Å². The standard InChI is InChI=1S/C9H15NO6/c1-9(2,3)16-8(15)10-5(7(13)14)4-6(11)12/h5H,4H2,1-3H3,(H,10,15)(H,11,12)(H,13,14)/t5-/m0/s1/i10+1. The summed E-state index contributed by atoms with van der Waals surface area (Å²) in [5.41, 5.74) is -0.767. The lowest BCUT2D eigenvalue weighted by Gasteiger charge is -2.21. The highest BCUT2D eigenvalue weighted by atomic mass is 16.6. The second-order valence-electron chi connectivity index (χ2n) is 4.13. The van der Waals surface area contributed by atoms with Crippen molar-refractivity contribution in [2.24, 2.45) is 0 Å². The van der Waals surface area contributed by atoms with E-state index in [-0.39, 0.29) is 0 Å². The zero-order valence-electron chi connectivity index (χ0n) is 9.31. The maximum Gasteiger partial charge on any atom is 0.408 e. The summed E-state index contributed by atoms with van der Waals surface area (Å²) in [5, 5.41) is 19.0. The fourth-order valence-corrected chi connectivity index (χ4v) is 0.825. The minimum atomic E-state index is -1.49. The van der Waals surface area contributed by atoms with Crippen LogP contribution < -0.4 is 5.32 Å². The number of rotatable bonds is 4. The summed E-state index contributed by atoms with van der Waals surface area (Å²) in [4.78, 5) is 32.1. The Bertz CT molecular complexity index is 293. The fourth-order valence-electron chi connectivity index (χ4n) is 0.825. The van der Waals surface area contributed by atoms with E-state index in [4.69, 9.17) is 14.9 Å². The van der Waals surface area contributed by atoms with E-state index in [9.17, 15) is 14.4 Å². The van der Waals surface area contributed by atoms with Gasteiger partial charge in [-0.25, -0.2) is 9.59 Å². The zero-order chi connectivity index (χ0) is 12.9. The van der Waals surface area contributed by atoms with Crippen molar-refractivity contribution in [1.29, 1.82) is 0 Å². The number of alkyl carbamates (subject to hydrolysis) is 1. The molecular weight excluding hydrogens is 219 g/mol. The van der Waals surface area contributed by atoms with E-state index < -0.39 is 36.1 Å². The smallest absolute Gasteiger partial charge is 0.408 e. The van der Waals surface area contributed by atoms with Crippen LogP contribution in [0.4, 0.5) is 4.79 Å². The highest BCUT2D eigenvalue weighted by Gasteiger charge is 2.25. The van der Waals surface area contributed by atoms with Crippen LogP contribution in [0.5, 0.6) is 0 Å². The summed E-state index contributed by atoms with van der Waals surface area (Å²) < 4.78 is 4.79. The molecule has 0 aromatic rings. The van der Waals surface area contributed by atoms with Crippen LogP contribution in [0.25, 0.3) is 0 Å². The average molecular weight is 234 g/mol. The molecule has 1 atom stereocenters. The number of carbonyl (C=O) groups is 3. The molecule has 0 bridgehead atoms. The van der Waals surface area contributed by atoms with E-state index in [1.54, 1.807) is 20.8 Å². The third kappa shape index (κ3) is 6.63. The molecule has 0 aliphatic heterocycles. The maximum absolute atomic E-state index is 11.2. The molecule has 0 aliphatic rings. The first kappa shape index (κ1) is 14.2. The lowest BCUT2D eigenvalue weighted by Crippen LogP contribution is -2.44. The number of ether oxygens (including phenoxy) is 1. The van der Waals surface area contributed by atoms with Crippen molar-refractivity contribution < 1.29 is 29.3 Å². The molecule has 3 N–H and O–H groups in total. The molecule has 7 nitrogen and oxygen atoms in total. The van der Waals surface area contributed by atoms with Gasteiger partial charge in [-0.15, -0.1) is 0 Å². The first-order valence-electron chi connectivity index (χ1n) is 4.56. The van der Waals surface area contributed by atoms with Gasteiger partial charge >= 0.3 is 18.0 Å². The normalized spacial score (nSPS) is 12.7. The van der Waals surface area contributed by atoms with E-state index >= 15 is 0 Å². The van der Waals surface area contributed by atoms with Crippen molar-refractivity contribution in [3.63, 3.8) is 0 Å². The molecule has 0 fully saturated rings. The van der Waals surface area contributed by atoms with Gasteiger partial charge in [0.15, 0.2) is 0 Å². The molecular formula is C9H15NO6. The Morgan fingerprint density at radius 3 is 2.06 bits per heavy atom. The number of hydrogen-bond donors (Lipinski definition) is 3. The number of carbonyl (C=O) groups excluding carboxylic acids is 1. The van der Waals surface area contributed by atoms with Crippen LogP contribution in [-0.4, -0.2) is 39.9 Å². The third-order valence-corrected chi connectivity index (χ3v) is 1.37. The molecule has 0 spiro atoms. The van der Waals surface area contributed by atoms with Gasteiger partial charge < -0.3 is 20.3 Å². The van der Waals surface area contributed by atoms with Crippen molar-refractivity contribution in [3.05, 3.63) is 0 Å². The quantitative estimate of drug-likeness (QED) is 0.608. The van der Waals surface area contributed by atoms with Gasteiger partial charge in [-0.1, -0.05) is 0 Å². The van der Waals surface area contributed by atoms with Crippen LogP contribution >= 0.6 is 0 Å². The number of nitrogens with one attached hydrogen (secondary N) is 1. The van der Waals surface area contributed by atoms with Crippen molar-refractivity contribution >= 4 is 18.0 Å². The summed E-state index contributed by atoms with van der Waals surface area (Å²) in [6.07, 6.45) is -1.66. The summed E-state index contributed by atoms with van der Waals surface area (Å²) >= 11 is 0. The molecule has 1 amide bonds. The van der Waals surface area contributed by atoms with E-state index in [1.807, 2.05) is 5.32 Å². The fraction of sp³-hybridized carbons (Fsp3) is 0.667. The lowest BCUT2D eigenvalue weighted by molar-refractivity contribution is -0.145. The number of carboxylic acid groups (broad SMARTS) is 2. The van der Waals surface area contributed by atoms with Crippen LogP contribution in [0.3, 0.4) is 0 Å². The molecule has 0 radical (unpaired) electrons. The molecule has 0 aliphatic carbocycles. The Balaban J connectivity index is 4.35. The number of amides is 1. The SMILES string of the molecule is CC(C)(C)OC(=O)[15NH][C@@H](CC(=O)O)C(=O)O. The summed E-state index contributed by atoms with van der Waals surface area (Å²) in [5.74, 6) is -2.74. The summed E-state index contributed by atoms with van der Waals surface area (Å²) in [6.45, 7) is 4.83. The second-order valence-corrected chi connectivity index (χ2v) is 4.13. The zero-order valence-corrected chi connectivity index (χ0v) is 9.31. The largest absolute Gasteiger partial charge is 0.481 e. The highest BCUT2D eigenvalue weighted by Crippen LogP contribution is 2.07. The minimum Gasteiger partial charge on any atom is -0.481 e. The lowest BCUT2D eigenvalue weighted by atomic mass is 10.2. The van der Waals surface area contributed by atoms with E-state index in [1.165, 1.54) is 0 Å². The second kappa shape index (κ2) is 5.34. The summed E-state index contributed by atoms with van der Waals surface area (Å²) in [6, 6.07) is -1.49. The average Bonchev–Trinajstić information content (AvgIpc) is 1.97. The molecule has 0 aromatic carbocycles. The number of aliphatic carboxylic acids is 2. The molecule has 0 aromatic heterocycles. The Kier molecular flexibility index (Phi) is 4.74. The Hall–Kier alpha value is -1.79. The Labute approximate surface area is 92.4 Å². The Morgan fingerprint density at radius 2 is 1.75 bits per heavy atom. The molecule has 7 heteroatoms. The van der Waals surface area contributed by atoms with E-state index in [0.29, 0.717) is 0 Å². The first-order valence-corrected chi connectivity index (χ1v) is 4.56. The van der Waals surface area contributed by atoms with E-state index in [0.717, 1.165) is 0 Å². The van der Waals surface area contributed by atoms with Crippen LogP contribution in [0, 0.1) is 0 Å². The molecule has 0 heterocycles. The van der Waals surface area contributed by atoms with Gasteiger partial charge in [0.05, 0.1) is 6.42 Å². The Morgan fingerprint density at radius 1 is 1.25 bits per heavy atom. The van der Waals surface area contributed by atoms with Gasteiger partial charge in [-0.2, -0.15) is 0 Å². The van der Waals surface area contributed by atoms with Crippen LogP contribution in [0.2, 0.25) is 0 Å². The van der Waals surface area contributed by atoms with Gasteiger partial charge in [-0.3, -0.25) is 4.79 Å². The molecule has 0 saturated carbocycles. The monoisotopic (exact) mass is 234 g/mol. The predicted octanol–water partition coefficient (Wildman–Crippen LogP) is 0.439. The number of carboxylic acids is 2. The topological polar surface area (TPSA) is 113 Å². The van der Waals surface area contributed by atoms with Crippen molar-refractivity contribution in [2.45, 2.75) is 38.8 Å².